The van der Waals surface area contributed by atoms with E-state index in [0.717, 1.165) is 0 Å². The van der Waals surface area contributed by atoms with Crippen LogP contribution in [-0.4, -0.2) is 16.1 Å². The Hall–Kier alpha value is -1.95. The van der Waals surface area contributed by atoms with Gasteiger partial charge in [-0.1, -0.05) is 0 Å². The summed E-state index contributed by atoms with van der Waals surface area (Å²) in [5.74, 6) is -1.41. The van der Waals surface area contributed by atoms with E-state index < -0.39 is 12.0 Å². The van der Waals surface area contributed by atoms with Crippen LogP contribution in [0.25, 0.3) is 0 Å². The fourth-order valence-electron chi connectivity index (χ4n) is 1.59. The molecule has 1 unspecified atom stereocenters. The highest BCUT2D eigenvalue weighted by atomic mass is 79.9. The summed E-state index contributed by atoms with van der Waals surface area (Å²) in [4.78, 5) is 15.2. The van der Waals surface area contributed by atoms with E-state index in [1.807, 2.05) is 0 Å². The summed E-state index contributed by atoms with van der Waals surface area (Å²) in [6, 6.07) is 6.21. The number of pyridine rings is 1. The molecule has 2 aromatic rings. The predicted octanol–water partition coefficient (Wildman–Crippen LogP) is 3.22. The van der Waals surface area contributed by atoms with Crippen LogP contribution in [0.4, 0.5) is 10.1 Å². The number of halogens is 2. The molecule has 1 aromatic heterocycles. The van der Waals surface area contributed by atoms with Gasteiger partial charge in [0.2, 0.25) is 0 Å². The van der Waals surface area contributed by atoms with Gasteiger partial charge in [0.1, 0.15) is 5.82 Å². The molecule has 2 N–H and O–H groups in total. The summed E-state index contributed by atoms with van der Waals surface area (Å²) in [6.07, 6.45) is 3.04. The van der Waals surface area contributed by atoms with Crippen LogP contribution >= 0.6 is 15.9 Å². The van der Waals surface area contributed by atoms with E-state index in [2.05, 4.69) is 26.2 Å². The number of hydrogen-bond donors (Lipinski definition) is 2. The summed E-state index contributed by atoms with van der Waals surface area (Å²) >= 11 is 3.24. The number of carboxylic acid groups (broad SMARTS) is 1. The second-order valence-electron chi connectivity index (χ2n) is 3.86. The Labute approximate surface area is 117 Å². The number of nitrogens with one attached hydrogen (secondary N) is 1. The van der Waals surface area contributed by atoms with E-state index >= 15 is 0 Å². The molecule has 98 valence electrons. The average Bonchev–Trinajstić information content (AvgIpc) is 2.37. The van der Waals surface area contributed by atoms with Crippen molar-refractivity contribution in [3.63, 3.8) is 0 Å². The van der Waals surface area contributed by atoms with E-state index in [9.17, 15) is 14.3 Å². The van der Waals surface area contributed by atoms with Gasteiger partial charge in [0.05, 0.1) is 0 Å². The first-order valence-corrected chi connectivity index (χ1v) is 6.21. The van der Waals surface area contributed by atoms with Crippen LogP contribution in [-0.2, 0) is 4.79 Å². The SMILES string of the molecule is O=C(O)C(Nc1ccc(F)cc1)c1cncc(Br)c1. The average molecular weight is 325 g/mol. The van der Waals surface area contributed by atoms with Crippen LogP contribution in [0.15, 0.2) is 47.2 Å². The Morgan fingerprint density at radius 1 is 1.32 bits per heavy atom. The molecule has 1 atom stereocenters. The number of hydrogen-bond acceptors (Lipinski definition) is 3. The summed E-state index contributed by atoms with van der Waals surface area (Å²) in [7, 11) is 0. The molecule has 0 aliphatic heterocycles. The maximum absolute atomic E-state index is 12.8. The van der Waals surface area contributed by atoms with Gasteiger partial charge >= 0.3 is 5.97 Å². The number of anilines is 1. The molecule has 0 fully saturated rings. The zero-order valence-corrected chi connectivity index (χ0v) is 11.3. The molecule has 0 saturated heterocycles. The van der Waals surface area contributed by atoms with Crippen LogP contribution < -0.4 is 5.32 Å². The summed E-state index contributed by atoms with van der Waals surface area (Å²) in [6.45, 7) is 0. The van der Waals surface area contributed by atoms with Crippen molar-refractivity contribution in [2.75, 3.05) is 5.32 Å². The first-order chi connectivity index (χ1) is 9.06. The molecule has 2 rings (SSSR count). The molecule has 19 heavy (non-hydrogen) atoms. The van der Waals surface area contributed by atoms with Crippen molar-refractivity contribution in [2.24, 2.45) is 0 Å². The highest BCUT2D eigenvalue weighted by molar-refractivity contribution is 9.10. The second-order valence-corrected chi connectivity index (χ2v) is 4.77. The Kier molecular flexibility index (Phi) is 4.11. The molecule has 1 heterocycles. The topological polar surface area (TPSA) is 62.2 Å². The fraction of sp³-hybridized carbons (Fsp3) is 0.0769. The van der Waals surface area contributed by atoms with E-state index in [1.54, 1.807) is 12.3 Å². The maximum Gasteiger partial charge on any atom is 0.330 e. The lowest BCUT2D eigenvalue weighted by Crippen LogP contribution is -2.20. The number of carboxylic acids is 1. The molecule has 1 aromatic carbocycles. The van der Waals surface area contributed by atoms with E-state index in [-0.39, 0.29) is 5.82 Å². The molecule has 0 spiro atoms. The van der Waals surface area contributed by atoms with Crippen molar-refractivity contribution in [1.29, 1.82) is 0 Å². The lowest BCUT2D eigenvalue weighted by atomic mass is 10.1. The van der Waals surface area contributed by atoms with Gasteiger partial charge in [-0.2, -0.15) is 0 Å². The lowest BCUT2D eigenvalue weighted by Gasteiger charge is -2.16. The Balaban J connectivity index is 2.26. The minimum Gasteiger partial charge on any atom is -0.479 e. The minimum atomic E-state index is -1.04. The smallest absolute Gasteiger partial charge is 0.330 e. The number of aromatic nitrogens is 1. The Morgan fingerprint density at radius 3 is 2.58 bits per heavy atom. The molecular formula is C13H10BrFN2O2. The third-order valence-electron chi connectivity index (χ3n) is 2.46. The van der Waals surface area contributed by atoms with Gasteiger partial charge in [0.25, 0.3) is 0 Å². The van der Waals surface area contributed by atoms with Crippen LogP contribution in [0.2, 0.25) is 0 Å². The van der Waals surface area contributed by atoms with Gasteiger partial charge in [-0.05, 0) is 46.3 Å². The fourth-order valence-corrected chi connectivity index (χ4v) is 1.97. The number of aliphatic carboxylic acids is 1. The van der Waals surface area contributed by atoms with Crippen molar-refractivity contribution in [3.05, 3.63) is 58.6 Å². The minimum absolute atomic E-state index is 0.374. The standard InChI is InChI=1S/C13H10BrFN2O2/c14-9-5-8(6-16-7-9)12(13(18)19)17-11-3-1-10(15)2-4-11/h1-7,12,17H,(H,18,19). The molecule has 0 bridgehead atoms. The van der Waals surface area contributed by atoms with Crippen LogP contribution in [0.1, 0.15) is 11.6 Å². The highest BCUT2D eigenvalue weighted by Crippen LogP contribution is 2.22. The van der Waals surface area contributed by atoms with Gasteiger partial charge in [-0.25, -0.2) is 9.18 Å². The molecule has 0 amide bonds. The quantitative estimate of drug-likeness (QED) is 0.906. The lowest BCUT2D eigenvalue weighted by molar-refractivity contribution is -0.138. The summed E-state index contributed by atoms with van der Waals surface area (Å²) in [5.41, 5.74) is 1.03. The Bertz CT molecular complexity index is 589. The third-order valence-corrected chi connectivity index (χ3v) is 2.90. The van der Waals surface area contributed by atoms with Crippen LogP contribution in [0.3, 0.4) is 0 Å². The van der Waals surface area contributed by atoms with Gasteiger partial charge in [-0.3, -0.25) is 4.98 Å². The number of carbonyl (C=O) groups is 1. The van der Waals surface area contributed by atoms with E-state index in [4.69, 9.17) is 0 Å². The molecule has 0 saturated carbocycles. The van der Waals surface area contributed by atoms with Crippen molar-refractivity contribution in [1.82, 2.24) is 4.98 Å². The molecule has 6 heteroatoms. The van der Waals surface area contributed by atoms with Crippen LogP contribution in [0, 0.1) is 5.82 Å². The number of rotatable bonds is 4. The van der Waals surface area contributed by atoms with Crippen molar-refractivity contribution in [3.8, 4) is 0 Å². The van der Waals surface area contributed by atoms with Gasteiger partial charge < -0.3 is 10.4 Å². The Morgan fingerprint density at radius 2 is 2.00 bits per heavy atom. The summed E-state index contributed by atoms with van der Waals surface area (Å²) in [5, 5.41) is 12.1. The van der Waals surface area contributed by atoms with Crippen molar-refractivity contribution < 1.29 is 14.3 Å². The van der Waals surface area contributed by atoms with Gasteiger partial charge in [0.15, 0.2) is 6.04 Å². The van der Waals surface area contributed by atoms with Crippen LogP contribution in [0.5, 0.6) is 0 Å². The van der Waals surface area contributed by atoms with Crippen molar-refractivity contribution >= 4 is 27.6 Å². The number of nitrogens with zero attached hydrogens (tertiary/aromatic N) is 1. The zero-order chi connectivity index (χ0) is 13.8. The summed E-state index contributed by atoms with van der Waals surface area (Å²) < 4.78 is 13.5. The second kappa shape index (κ2) is 5.79. The van der Waals surface area contributed by atoms with E-state index in [0.29, 0.717) is 15.7 Å². The predicted molar refractivity (Wildman–Crippen MR) is 72.3 cm³/mol. The monoisotopic (exact) mass is 324 g/mol. The van der Waals surface area contributed by atoms with Gasteiger partial charge in [-0.15, -0.1) is 0 Å². The van der Waals surface area contributed by atoms with Gasteiger partial charge in [0, 0.05) is 28.1 Å². The first kappa shape index (κ1) is 13.5. The highest BCUT2D eigenvalue weighted by Gasteiger charge is 2.20. The first-order valence-electron chi connectivity index (χ1n) is 5.41. The molecule has 0 radical (unpaired) electrons. The molecule has 0 aliphatic rings. The third kappa shape index (κ3) is 3.51. The number of benzene rings is 1. The zero-order valence-electron chi connectivity index (χ0n) is 9.68. The van der Waals surface area contributed by atoms with E-state index in [1.165, 1.54) is 30.5 Å². The van der Waals surface area contributed by atoms with Crippen molar-refractivity contribution in [2.45, 2.75) is 6.04 Å². The molecule has 4 nitrogen and oxygen atoms in total. The largest absolute Gasteiger partial charge is 0.479 e. The normalized spacial score (nSPS) is 11.9. The maximum atomic E-state index is 12.8. The molecule has 0 aliphatic carbocycles. The molecular weight excluding hydrogens is 315 g/mol.